The van der Waals surface area contributed by atoms with Crippen LogP contribution in [0.4, 0.5) is 0 Å². The minimum absolute atomic E-state index is 0.978. The lowest BCUT2D eigenvalue weighted by molar-refractivity contribution is 0.572. The Hall–Kier alpha value is -0.683. The fourth-order valence-electron chi connectivity index (χ4n) is 2.03. The highest BCUT2D eigenvalue weighted by Gasteiger charge is 2.37. The third-order valence-corrected chi connectivity index (χ3v) is 6.97. The van der Waals surface area contributed by atoms with Crippen molar-refractivity contribution in [1.82, 2.24) is 14.5 Å². The lowest BCUT2D eigenvalue weighted by Crippen LogP contribution is -2.78. The molecule has 0 aliphatic carbocycles. The monoisotopic (exact) mass is 237 g/mol. The van der Waals surface area contributed by atoms with Gasteiger partial charge >= 0.3 is 8.56 Å². The van der Waals surface area contributed by atoms with Crippen LogP contribution < -0.4 is 15.2 Å². The van der Waals surface area contributed by atoms with Gasteiger partial charge in [0.05, 0.1) is 0 Å². The summed E-state index contributed by atoms with van der Waals surface area (Å²) in [5.74, 6) is 0. The molecular formula is C12H23N3Si. The zero-order valence-corrected chi connectivity index (χ0v) is 11.7. The summed E-state index contributed by atoms with van der Waals surface area (Å²) in [6.45, 7) is 6.27. The Kier molecular flexibility index (Phi) is 5.14. The molecule has 0 unspecified atom stereocenters. The summed E-state index contributed by atoms with van der Waals surface area (Å²) < 4.78 is 2.31. The smallest absolute Gasteiger partial charge is 0.310 e. The Bertz CT molecular complexity index is 294. The highest BCUT2D eigenvalue weighted by molar-refractivity contribution is 6.85. The van der Waals surface area contributed by atoms with E-state index in [-0.39, 0.29) is 0 Å². The van der Waals surface area contributed by atoms with Gasteiger partial charge in [-0.15, -0.1) is 0 Å². The van der Waals surface area contributed by atoms with E-state index in [0.29, 0.717) is 0 Å². The predicted molar refractivity (Wildman–Crippen MR) is 72.9 cm³/mol. The second-order valence-corrected chi connectivity index (χ2v) is 7.63. The first-order valence-corrected chi connectivity index (χ1v) is 7.85. The SMILES string of the molecule is CCN[Si](NCC)(c1ccccc1)N(C)C. The van der Waals surface area contributed by atoms with Crippen molar-refractivity contribution in [2.45, 2.75) is 13.8 Å². The van der Waals surface area contributed by atoms with Gasteiger partial charge in [-0.2, -0.15) is 0 Å². The molecule has 1 aromatic carbocycles. The Morgan fingerprint density at radius 2 is 1.50 bits per heavy atom. The van der Waals surface area contributed by atoms with Gasteiger partial charge in [-0.25, -0.2) is 0 Å². The molecule has 4 heteroatoms. The molecule has 0 radical (unpaired) electrons. The Morgan fingerprint density at radius 3 is 1.88 bits per heavy atom. The molecular weight excluding hydrogens is 214 g/mol. The minimum atomic E-state index is -1.92. The van der Waals surface area contributed by atoms with E-state index < -0.39 is 8.56 Å². The van der Waals surface area contributed by atoms with Gasteiger partial charge in [0.15, 0.2) is 0 Å². The fourth-order valence-corrected chi connectivity index (χ4v) is 5.41. The second kappa shape index (κ2) is 6.15. The standard InChI is InChI=1S/C12H23N3Si/c1-5-13-16(14-6-2,15(3)4)12-10-8-7-9-11-12/h7-11,13-14H,5-6H2,1-4H3. The largest absolute Gasteiger partial charge is 0.317 e. The van der Waals surface area contributed by atoms with Crippen molar-refractivity contribution in [1.29, 1.82) is 0 Å². The Labute approximate surface area is 100 Å². The van der Waals surface area contributed by atoms with Gasteiger partial charge in [-0.1, -0.05) is 44.2 Å². The first-order valence-electron chi connectivity index (χ1n) is 5.90. The van der Waals surface area contributed by atoms with Gasteiger partial charge in [0.1, 0.15) is 0 Å². The van der Waals surface area contributed by atoms with Crippen LogP contribution >= 0.6 is 0 Å². The predicted octanol–water partition coefficient (Wildman–Crippen LogP) is 0.613. The molecule has 0 atom stereocenters. The van der Waals surface area contributed by atoms with Crippen molar-refractivity contribution in [2.75, 3.05) is 27.2 Å². The molecule has 0 spiro atoms. The van der Waals surface area contributed by atoms with Gasteiger partial charge < -0.3 is 14.5 Å². The van der Waals surface area contributed by atoms with Crippen LogP contribution in [0.15, 0.2) is 30.3 Å². The average Bonchev–Trinajstić information content (AvgIpc) is 2.29. The molecule has 0 saturated carbocycles. The molecule has 0 amide bonds. The van der Waals surface area contributed by atoms with Crippen LogP contribution in [0.3, 0.4) is 0 Å². The topological polar surface area (TPSA) is 27.3 Å². The first kappa shape index (κ1) is 13.4. The zero-order chi connectivity index (χ0) is 12.0. The highest BCUT2D eigenvalue weighted by Crippen LogP contribution is 2.00. The lowest BCUT2D eigenvalue weighted by Gasteiger charge is -2.38. The third kappa shape index (κ3) is 2.71. The molecule has 3 nitrogen and oxygen atoms in total. The summed E-state index contributed by atoms with van der Waals surface area (Å²) in [4.78, 5) is 7.33. The first-order chi connectivity index (χ1) is 7.67. The number of hydrogen-bond acceptors (Lipinski definition) is 3. The van der Waals surface area contributed by atoms with Crippen LogP contribution in [-0.4, -0.2) is 40.3 Å². The summed E-state index contributed by atoms with van der Waals surface area (Å²) in [6.07, 6.45) is 0. The van der Waals surface area contributed by atoms with Crippen LogP contribution in [-0.2, 0) is 0 Å². The second-order valence-electron chi connectivity index (χ2n) is 4.03. The van der Waals surface area contributed by atoms with Gasteiger partial charge in [0.25, 0.3) is 0 Å². The molecule has 2 N–H and O–H groups in total. The summed E-state index contributed by atoms with van der Waals surface area (Å²) in [6, 6.07) is 10.7. The van der Waals surface area contributed by atoms with E-state index in [1.807, 2.05) is 0 Å². The third-order valence-electron chi connectivity index (χ3n) is 2.73. The number of hydrogen-bond donors (Lipinski definition) is 2. The molecule has 1 rings (SSSR count). The van der Waals surface area contributed by atoms with Crippen LogP contribution in [0, 0.1) is 0 Å². The van der Waals surface area contributed by atoms with Crippen molar-refractivity contribution in [3.05, 3.63) is 30.3 Å². The number of benzene rings is 1. The molecule has 0 bridgehead atoms. The van der Waals surface area contributed by atoms with E-state index in [1.54, 1.807) is 0 Å². The van der Waals surface area contributed by atoms with Crippen molar-refractivity contribution in [3.63, 3.8) is 0 Å². The lowest BCUT2D eigenvalue weighted by atomic mass is 10.4. The molecule has 0 aliphatic heterocycles. The maximum Gasteiger partial charge on any atom is 0.317 e. The quantitative estimate of drug-likeness (QED) is 0.710. The van der Waals surface area contributed by atoms with Crippen LogP contribution in [0.5, 0.6) is 0 Å². The van der Waals surface area contributed by atoms with E-state index >= 15 is 0 Å². The molecule has 0 aliphatic rings. The van der Waals surface area contributed by atoms with Crippen LogP contribution in [0.1, 0.15) is 13.8 Å². The zero-order valence-electron chi connectivity index (χ0n) is 10.7. The van der Waals surface area contributed by atoms with E-state index in [1.165, 1.54) is 5.19 Å². The summed E-state index contributed by atoms with van der Waals surface area (Å²) >= 11 is 0. The molecule has 0 heterocycles. The normalized spacial score (nSPS) is 12.1. The summed E-state index contributed by atoms with van der Waals surface area (Å²) in [5.41, 5.74) is 0. The number of rotatable bonds is 6. The van der Waals surface area contributed by atoms with Crippen molar-refractivity contribution < 1.29 is 0 Å². The molecule has 0 fully saturated rings. The van der Waals surface area contributed by atoms with Gasteiger partial charge in [0, 0.05) is 0 Å². The van der Waals surface area contributed by atoms with Crippen molar-refractivity contribution >= 4 is 13.7 Å². The van der Waals surface area contributed by atoms with Gasteiger partial charge in [-0.05, 0) is 32.4 Å². The molecule has 0 saturated heterocycles. The molecule has 90 valence electrons. The van der Waals surface area contributed by atoms with Crippen LogP contribution in [0.25, 0.3) is 0 Å². The summed E-state index contributed by atoms with van der Waals surface area (Å²) in [7, 11) is 2.37. The highest BCUT2D eigenvalue weighted by atomic mass is 28.4. The van der Waals surface area contributed by atoms with E-state index in [0.717, 1.165) is 13.1 Å². The Balaban J connectivity index is 3.10. The maximum atomic E-state index is 3.67. The maximum absolute atomic E-state index is 3.67. The van der Waals surface area contributed by atoms with E-state index in [2.05, 4.69) is 72.8 Å². The fraction of sp³-hybridized carbons (Fsp3) is 0.500. The average molecular weight is 237 g/mol. The Morgan fingerprint density at radius 1 is 1.00 bits per heavy atom. The molecule has 16 heavy (non-hydrogen) atoms. The van der Waals surface area contributed by atoms with E-state index in [9.17, 15) is 0 Å². The number of nitrogens with zero attached hydrogens (tertiary/aromatic N) is 1. The van der Waals surface area contributed by atoms with Crippen molar-refractivity contribution in [2.24, 2.45) is 0 Å². The van der Waals surface area contributed by atoms with E-state index in [4.69, 9.17) is 0 Å². The summed E-state index contributed by atoms with van der Waals surface area (Å²) in [5, 5.41) is 1.38. The minimum Gasteiger partial charge on any atom is -0.310 e. The molecule has 1 aromatic rings. The van der Waals surface area contributed by atoms with Gasteiger partial charge in [0.2, 0.25) is 0 Å². The van der Waals surface area contributed by atoms with Crippen molar-refractivity contribution in [3.8, 4) is 0 Å². The van der Waals surface area contributed by atoms with Crippen LogP contribution in [0.2, 0.25) is 0 Å². The number of nitrogens with one attached hydrogen (secondary N) is 2. The molecule has 0 aromatic heterocycles. The van der Waals surface area contributed by atoms with Gasteiger partial charge in [-0.3, -0.25) is 0 Å².